The van der Waals surface area contributed by atoms with Crippen molar-refractivity contribution in [1.82, 2.24) is 0 Å². The second kappa shape index (κ2) is 5.71. The Labute approximate surface area is 126 Å². The number of benzene rings is 2. The highest BCUT2D eigenvalue weighted by Gasteiger charge is 2.15. The maximum Gasteiger partial charge on any atom is 0.261 e. The van der Waals surface area contributed by atoms with E-state index in [4.69, 9.17) is 28.5 Å². The zero-order valence-electron chi connectivity index (χ0n) is 9.97. The molecular formula is C13H8Cl2N2O2S. The van der Waals surface area contributed by atoms with Crippen LogP contribution >= 0.6 is 23.2 Å². The van der Waals surface area contributed by atoms with Gasteiger partial charge in [-0.15, -0.1) is 0 Å². The van der Waals surface area contributed by atoms with Gasteiger partial charge in [-0.1, -0.05) is 29.3 Å². The monoisotopic (exact) mass is 326 g/mol. The van der Waals surface area contributed by atoms with Crippen molar-refractivity contribution >= 4 is 38.9 Å². The first-order valence-corrected chi connectivity index (χ1v) is 7.64. The van der Waals surface area contributed by atoms with E-state index in [-0.39, 0.29) is 15.5 Å². The van der Waals surface area contributed by atoms with Gasteiger partial charge in [0.1, 0.15) is 0 Å². The second-order valence-corrected chi connectivity index (χ2v) is 6.37. The minimum absolute atomic E-state index is 0.00243. The fraction of sp³-hybridized carbons (Fsp3) is 0. The summed E-state index contributed by atoms with van der Waals surface area (Å²) in [6, 6.07) is 12.0. The molecule has 2 aromatic carbocycles. The average Bonchev–Trinajstić information content (AvgIpc) is 2.43. The quantitative estimate of drug-likeness (QED) is 0.935. The summed E-state index contributed by atoms with van der Waals surface area (Å²) in [6.45, 7) is 0. The molecule has 0 aliphatic carbocycles. The summed E-state index contributed by atoms with van der Waals surface area (Å²) < 4.78 is 26.7. The van der Waals surface area contributed by atoms with Crippen LogP contribution in [0.5, 0.6) is 0 Å². The third kappa shape index (κ3) is 3.23. The first kappa shape index (κ1) is 14.7. The lowest BCUT2D eigenvalue weighted by molar-refractivity contribution is 0.601. The number of rotatable bonds is 3. The van der Waals surface area contributed by atoms with Crippen molar-refractivity contribution in [2.24, 2.45) is 0 Å². The summed E-state index contributed by atoms with van der Waals surface area (Å²) in [6.07, 6.45) is 0. The molecule has 0 unspecified atom stereocenters. The lowest BCUT2D eigenvalue weighted by atomic mass is 10.2. The topological polar surface area (TPSA) is 70.0 Å². The molecule has 1 N–H and O–H groups in total. The van der Waals surface area contributed by atoms with Crippen LogP contribution in [-0.2, 0) is 10.0 Å². The molecule has 0 atom stereocenters. The SMILES string of the molecule is N#Cc1cccc(S(=O)(=O)Nc2ccc(Cl)c(Cl)c2)c1. The fourth-order valence-corrected chi connectivity index (χ4v) is 2.90. The van der Waals surface area contributed by atoms with E-state index >= 15 is 0 Å². The van der Waals surface area contributed by atoms with Crippen molar-refractivity contribution in [2.45, 2.75) is 4.90 Å². The van der Waals surface area contributed by atoms with Crippen molar-refractivity contribution < 1.29 is 8.42 Å². The van der Waals surface area contributed by atoms with E-state index < -0.39 is 10.0 Å². The van der Waals surface area contributed by atoms with Crippen molar-refractivity contribution in [2.75, 3.05) is 4.72 Å². The van der Waals surface area contributed by atoms with Crippen LogP contribution in [0, 0.1) is 11.3 Å². The summed E-state index contributed by atoms with van der Waals surface area (Å²) in [5, 5.41) is 9.37. The molecule has 0 radical (unpaired) electrons. The van der Waals surface area contributed by atoms with Crippen LogP contribution in [0.25, 0.3) is 0 Å². The van der Waals surface area contributed by atoms with Crippen LogP contribution in [0.1, 0.15) is 5.56 Å². The van der Waals surface area contributed by atoms with Crippen molar-refractivity contribution in [3.05, 3.63) is 58.1 Å². The molecule has 0 fully saturated rings. The summed E-state index contributed by atoms with van der Waals surface area (Å²) in [7, 11) is -3.78. The number of hydrogen-bond donors (Lipinski definition) is 1. The number of anilines is 1. The van der Waals surface area contributed by atoms with E-state index in [9.17, 15) is 8.42 Å². The van der Waals surface area contributed by atoms with Crippen molar-refractivity contribution in [3.8, 4) is 6.07 Å². The minimum Gasteiger partial charge on any atom is -0.280 e. The number of nitrogens with one attached hydrogen (secondary N) is 1. The Morgan fingerprint density at radius 1 is 1.05 bits per heavy atom. The van der Waals surface area contributed by atoms with Crippen LogP contribution in [-0.4, -0.2) is 8.42 Å². The molecule has 0 aliphatic heterocycles. The van der Waals surface area contributed by atoms with Gasteiger partial charge in [-0.2, -0.15) is 5.26 Å². The maximum absolute atomic E-state index is 12.2. The lowest BCUT2D eigenvalue weighted by Gasteiger charge is -2.09. The number of sulfonamides is 1. The molecule has 0 spiro atoms. The van der Waals surface area contributed by atoms with Gasteiger partial charge in [0.15, 0.2) is 0 Å². The van der Waals surface area contributed by atoms with Crippen LogP contribution < -0.4 is 4.72 Å². The molecule has 0 saturated carbocycles. The minimum atomic E-state index is -3.78. The molecule has 0 saturated heterocycles. The van der Waals surface area contributed by atoms with E-state index in [1.165, 1.54) is 42.5 Å². The van der Waals surface area contributed by atoms with Crippen LogP contribution in [0.3, 0.4) is 0 Å². The van der Waals surface area contributed by atoms with Crippen LogP contribution in [0.2, 0.25) is 10.0 Å². The first-order chi connectivity index (χ1) is 9.42. The highest BCUT2D eigenvalue weighted by Crippen LogP contribution is 2.26. The summed E-state index contributed by atoms with van der Waals surface area (Å²) in [5.74, 6) is 0. The number of hydrogen-bond acceptors (Lipinski definition) is 3. The van der Waals surface area contributed by atoms with Gasteiger partial charge in [-0.05, 0) is 36.4 Å². The number of nitrogens with zero attached hydrogens (tertiary/aromatic N) is 1. The summed E-state index contributed by atoms with van der Waals surface area (Å²) in [4.78, 5) is 0.00243. The molecule has 2 aromatic rings. The zero-order chi connectivity index (χ0) is 14.8. The van der Waals surface area contributed by atoms with Gasteiger partial charge in [-0.3, -0.25) is 4.72 Å². The predicted octanol–water partition coefficient (Wildman–Crippen LogP) is 3.67. The Kier molecular flexibility index (Phi) is 4.19. The summed E-state index contributed by atoms with van der Waals surface area (Å²) in [5.41, 5.74) is 0.559. The van der Waals surface area contributed by atoms with E-state index in [1.807, 2.05) is 6.07 Å². The van der Waals surface area contributed by atoms with Gasteiger partial charge in [0.2, 0.25) is 0 Å². The average molecular weight is 327 g/mol. The Balaban J connectivity index is 2.35. The molecule has 0 amide bonds. The summed E-state index contributed by atoms with van der Waals surface area (Å²) >= 11 is 11.6. The molecule has 2 rings (SSSR count). The molecule has 0 bridgehead atoms. The standard InChI is InChI=1S/C13H8Cl2N2O2S/c14-12-5-4-10(7-13(12)15)17-20(18,19)11-3-1-2-9(6-11)8-16/h1-7,17H. The predicted molar refractivity (Wildman–Crippen MR) is 78.4 cm³/mol. The van der Waals surface area contributed by atoms with Gasteiger partial charge in [0, 0.05) is 0 Å². The highest BCUT2D eigenvalue weighted by molar-refractivity contribution is 7.92. The third-order valence-electron chi connectivity index (χ3n) is 2.45. The van der Waals surface area contributed by atoms with Crippen molar-refractivity contribution in [3.63, 3.8) is 0 Å². The molecule has 7 heteroatoms. The van der Waals surface area contributed by atoms with E-state index in [1.54, 1.807) is 0 Å². The Bertz CT molecular complexity index is 798. The van der Waals surface area contributed by atoms with Crippen LogP contribution in [0.15, 0.2) is 47.4 Å². The molecule has 102 valence electrons. The lowest BCUT2D eigenvalue weighted by Crippen LogP contribution is -2.13. The molecule has 0 aromatic heterocycles. The number of halogens is 2. The Morgan fingerprint density at radius 2 is 1.80 bits per heavy atom. The van der Waals surface area contributed by atoms with Crippen molar-refractivity contribution in [1.29, 1.82) is 5.26 Å². The number of nitriles is 1. The third-order valence-corrected chi connectivity index (χ3v) is 4.56. The van der Waals surface area contributed by atoms with E-state index in [0.717, 1.165) is 0 Å². The molecule has 0 heterocycles. The zero-order valence-corrected chi connectivity index (χ0v) is 12.3. The van der Waals surface area contributed by atoms with Gasteiger partial charge in [0.25, 0.3) is 10.0 Å². The van der Waals surface area contributed by atoms with E-state index in [2.05, 4.69) is 4.72 Å². The largest absolute Gasteiger partial charge is 0.280 e. The smallest absolute Gasteiger partial charge is 0.261 e. The first-order valence-electron chi connectivity index (χ1n) is 5.40. The van der Waals surface area contributed by atoms with E-state index in [0.29, 0.717) is 10.7 Å². The second-order valence-electron chi connectivity index (χ2n) is 3.87. The fourth-order valence-electron chi connectivity index (χ4n) is 1.51. The van der Waals surface area contributed by atoms with Crippen LogP contribution in [0.4, 0.5) is 5.69 Å². The highest BCUT2D eigenvalue weighted by atomic mass is 35.5. The van der Waals surface area contributed by atoms with Gasteiger partial charge in [0.05, 0.1) is 32.3 Å². The Hall–Kier alpha value is -1.74. The molecule has 20 heavy (non-hydrogen) atoms. The maximum atomic E-state index is 12.2. The normalized spacial score (nSPS) is 10.8. The van der Waals surface area contributed by atoms with Gasteiger partial charge < -0.3 is 0 Å². The molecule has 0 aliphatic rings. The Morgan fingerprint density at radius 3 is 2.45 bits per heavy atom. The van der Waals surface area contributed by atoms with Gasteiger partial charge in [-0.25, -0.2) is 8.42 Å². The molecule has 4 nitrogen and oxygen atoms in total. The molecular weight excluding hydrogens is 319 g/mol. The van der Waals surface area contributed by atoms with Gasteiger partial charge >= 0.3 is 0 Å².